The van der Waals surface area contributed by atoms with Gasteiger partial charge in [0.25, 0.3) is 0 Å². The van der Waals surface area contributed by atoms with Gasteiger partial charge < -0.3 is 0 Å². The van der Waals surface area contributed by atoms with Crippen molar-refractivity contribution in [2.24, 2.45) is 0 Å². The van der Waals surface area contributed by atoms with Crippen molar-refractivity contribution in [3.05, 3.63) is 0 Å². The molecule has 0 nitrogen and oxygen atoms in total. The Hall–Kier alpha value is 0.730. The summed E-state index contributed by atoms with van der Waals surface area (Å²) in [4.78, 5) is 6.97. The fraction of sp³-hybridized carbons (Fsp3) is 1.00. The third kappa shape index (κ3) is 15.3. The van der Waals surface area contributed by atoms with E-state index in [2.05, 4.69) is 14.8 Å². The van der Waals surface area contributed by atoms with Gasteiger partial charge in [-0.2, -0.15) is 0 Å². The Balaban J connectivity index is 2.32. The predicted octanol–water partition coefficient (Wildman–Crippen LogP) is 1.38. The second kappa shape index (κ2) is 2.00. The molecule has 0 aliphatic heterocycles. The number of hydrogen-bond donors (Lipinski definition) is 0. The van der Waals surface area contributed by atoms with E-state index >= 15 is 0 Å². The van der Waals surface area contributed by atoms with Crippen LogP contribution in [0.25, 0.3) is 0 Å². The molecule has 0 heterocycles. The second-order valence-corrected chi connectivity index (χ2v) is 7.61. The van der Waals surface area contributed by atoms with Gasteiger partial charge in [0.05, 0.1) is 0 Å². The van der Waals surface area contributed by atoms with Crippen molar-refractivity contribution in [2.45, 2.75) is 0 Å². The molecule has 0 bridgehead atoms. The van der Waals surface area contributed by atoms with Crippen LogP contribution in [0.15, 0.2) is 0 Å². The monoisotopic (exact) mass is 172 g/mol. The van der Waals surface area contributed by atoms with E-state index in [9.17, 15) is 0 Å². The van der Waals surface area contributed by atoms with E-state index < -0.39 is 0 Å². The predicted molar refractivity (Wildman–Crippen MR) is 31.8 cm³/mol. The van der Waals surface area contributed by atoms with Gasteiger partial charge in [0.15, 0.2) is 0 Å². The van der Waals surface area contributed by atoms with E-state index in [4.69, 9.17) is 0 Å². The second-order valence-electron chi connectivity index (χ2n) is 1.13. The fourth-order valence-corrected chi connectivity index (χ4v) is 0. The zero-order valence-electron chi connectivity index (χ0n) is 3.38. The molecule has 0 saturated carbocycles. The van der Waals surface area contributed by atoms with Crippen LogP contribution in [0, 0.1) is 0 Å². The van der Waals surface area contributed by atoms with E-state index in [-0.39, 0.29) is 19.8 Å². The van der Waals surface area contributed by atoms with Crippen molar-refractivity contribution in [1.29, 1.82) is 0 Å². The first-order valence-corrected chi connectivity index (χ1v) is 7.61. The molecule has 0 spiro atoms. The molecule has 0 saturated heterocycles. The Kier molecular flexibility index (Phi) is 2.36. The zero-order chi connectivity index (χ0) is 3.58. The Morgan fingerprint density at radius 2 is 1.00 bits per heavy atom. The van der Waals surface area contributed by atoms with Gasteiger partial charge in [-0.25, -0.2) is 0 Å². The summed E-state index contributed by atoms with van der Waals surface area (Å²) in [7, 11) is 0. The molecule has 0 aromatic heterocycles. The number of alkyl halides is 3. The fourth-order valence-electron chi connectivity index (χ4n) is 0. The van der Waals surface area contributed by atoms with Crippen LogP contribution >= 0.6 is 19.8 Å². The molecule has 0 rings (SSSR count). The molecule has 0 aromatic carbocycles. The average Bonchev–Trinajstić information content (AvgIpc) is 0.811. The summed E-state index contributed by atoms with van der Waals surface area (Å²) in [6.07, 6.45) is 0. The molecule has 0 atom stereocenters. The van der Waals surface area contributed by atoms with Crippen molar-refractivity contribution in [1.82, 2.24) is 0 Å². The molecule has 0 aromatic rings. The Morgan fingerprint density at radius 1 is 1.00 bits per heavy atom. The molecule has 4 heavy (non-hydrogen) atoms. The summed E-state index contributed by atoms with van der Waals surface area (Å²) < 4.78 is 0. The van der Waals surface area contributed by atoms with Crippen molar-refractivity contribution in [2.75, 3.05) is 14.8 Å². The summed E-state index contributed by atoms with van der Waals surface area (Å²) in [5.74, 6) is 0. The summed E-state index contributed by atoms with van der Waals surface area (Å²) in [5.41, 5.74) is 0. The van der Waals surface area contributed by atoms with Crippen LogP contribution in [0.2, 0.25) is 0 Å². The third-order valence-electron chi connectivity index (χ3n) is 0. The van der Waals surface area contributed by atoms with Gasteiger partial charge in [-0.15, -0.1) is 0 Å². The molecule has 0 fully saturated rings. The van der Waals surface area contributed by atoms with Gasteiger partial charge in [0, 0.05) is 0 Å². The Labute approximate surface area is 35.0 Å². The topological polar surface area (TPSA) is 0 Å². The van der Waals surface area contributed by atoms with Gasteiger partial charge in [0.1, 0.15) is 0 Å². The molecule has 0 radical (unpaired) electrons. The summed E-state index contributed by atoms with van der Waals surface area (Å²) >= 11 is -0.263. The van der Waals surface area contributed by atoms with E-state index in [0.717, 1.165) is 0 Å². The molecule has 0 amide bonds. The SMILES string of the molecule is CI(C)C. The molecule has 1 heteroatoms. The van der Waals surface area contributed by atoms with E-state index in [0.29, 0.717) is 0 Å². The van der Waals surface area contributed by atoms with Crippen LogP contribution < -0.4 is 0 Å². The van der Waals surface area contributed by atoms with Crippen LogP contribution in [-0.2, 0) is 0 Å². The summed E-state index contributed by atoms with van der Waals surface area (Å²) in [6.45, 7) is 0. The van der Waals surface area contributed by atoms with E-state index in [1.54, 1.807) is 0 Å². The Morgan fingerprint density at radius 3 is 1.00 bits per heavy atom. The molecule has 28 valence electrons. The maximum atomic E-state index is 2.32. The third-order valence-corrected chi connectivity index (χ3v) is 0. The maximum absolute atomic E-state index is 2.32. The first kappa shape index (κ1) is 4.73. The molecule has 0 aliphatic carbocycles. The van der Waals surface area contributed by atoms with Gasteiger partial charge in [-0.05, 0) is 0 Å². The first-order chi connectivity index (χ1) is 1.73. The average molecular weight is 172 g/mol. The van der Waals surface area contributed by atoms with Crippen LogP contribution in [0.1, 0.15) is 0 Å². The number of hydrogen-bond acceptors (Lipinski definition) is 0. The molecule has 0 N–H and O–H groups in total. The Bertz CT molecular complexity index is 8.00. The van der Waals surface area contributed by atoms with Gasteiger partial charge in [0.2, 0.25) is 0 Å². The van der Waals surface area contributed by atoms with E-state index in [1.807, 2.05) is 0 Å². The molecule has 0 aliphatic rings. The molecule has 0 unspecified atom stereocenters. The number of rotatable bonds is 0. The zero-order valence-corrected chi connectivity index (χ0v) is 5.54. The first-order valence-electron chi connectivity index (χ1n) is 1.13. The van der Waals surface area contributed by atoms with Gasteiger partial charge >= 0.3 is 34.6 Å². The standard InChI is InChI=1S/C3H9I/c1-4(2)3/h1-3H3. The van der Waals surface area contributed by atoms with E-state index in [1.165, 1.54) is 0 Å². The van der Waals surface area contributed by atoms with Crippen molar-refractivity contribution < 1.29 is 0 Å². The van der Waals surface area contributed by atoms with Crippen molar-refractivity contribution in [3.8, 4) is 0 Å². The van der Waals surface area contributed by atoms with Crippen molar-refractivity contribution >= 4 is 19.8 Å². The minimum absolute atomic E-state index is 0.263. The quantitative estimate of drug-likeness (QED) is 0.382. The summed E-state index contributed by atoms with van der Waals surface area (Å²) in [6, 6.07) is 0. The summed E-state index contributed by atoms with van der Waals surface area (Å²) in [5, 5.41) is 0. The van der Waals surface area contributed by atoms with Gasteiger partial charge in [-0.3, -0.25) is 0 Å². The molecular formula is C3H9I. The van der Waals surface area contributed by atoms with Gasteiger partial charge in [-0.1, -0.05) is 0 Å². The van der Waals surface area contributed by atoms with Crippen molar-refractivity contribution in [3.63, 3.8) is 0 Å². The number of halogens is 1. The normalized spacial score (nSPS) is 11.2. The van der Waals surface area contributed by atoms with Crippen LogP contribution in [0.3, 0.4) is 0 Å². The van der Waals surface area contributed by atoms with Crippen LogP contribution in [0.5, 0.6) is 0 Å². The van der Waals surface area contributed by atoms with Crippen LogP contribution in [-0.4, -0.2) is 14.8 Å². The van der Waals surface area contributed by atoms with Crippen LogP contribution in [0.4, 0.5) is 0 Å². The molecular weight excluding hydrogens is 163 g/mol. The minimum atomic E-state index is -0.263.